The Balaban J connectivity index is 2.08. The third-order valence-electron chi connectivity index (χ3n) is 3.53. The monoisotopic (exact) mass is 408 g/mol. The molecule has 0 aliphatic rings. The highest BCUT2D eigenvalue weighted by atomic mass is 35.5. The van der Waals surface area contributed by atoms with Gasteiger partial charge in [-0.15, -0.1) is 0 Å². The minimum atomic E-state index is -0.546. The Morgan fingerprint density at radius 1 is 1.19 bits per heavy atom. The van der Waals surface area contributed by atoms with E-state index in [0.717, 1.165) is 0 Å². The van der Waals surface area contributed by atoms with Crippen LogP contribution in [0.5, 0.6) is 11.5 Å². The van der Waals surface area contributed by atoms with E-state index in [0.29, 0.717) is 28.5 Å². The molecule has 142 valence electrons. The number of benzene rings is 2. The molecule has 2 aromatic carbocycles. The van der Waals surface area contributed by atoms with E-state index in [2.05, 4.69) is 15.8 Å². The van der Waals surface area contributed by atoms with Crippen LogP contribution >= 0.6 is 23.8 Å². The van der Waals surface area contributed by atoms with Crippen LogP contribution in [0.2, 0.25) is 5.02 Å². The second kappa shape index (κ2) is 9.15. The van der Waals surface area contributed by atoms with E-state index in [1.54, 1.807) is 38.3 Å². The number of rotatable bonds is 6. The van der Waals surface area contributed by atoms with Crippen molar-refractivity contribution >= 4 is 46.0 Å². The Bertz CT molecular complexity index is 904. The van der Waals surface area contributed by atoms with Crippen molar-refractivity contribution in [1.82, 2.24) is 5.43 Å². The third kappa shape index (κ3) is 5.28. The Morgan fingerprint density at radius 3 is 2.52 bits per heavy atom. The van der Waals surface area contributed by atoms with Gasteiger partial charge in [0.25, 0.3) is 5.69 Å². The second-order valence-corrected chi connectivity index (χ2v) is 6.07. The van der Waals surface area contributed by atoms with E-state index < -0.39 is 4.92 Å². The lowest BCUT2D eigenvalue weighted by molar-refractivity contribution is -0.384. The summed E-state index contributed by atoms with van der Waals surface area (Å²) in [6.45, 7) is 1.69. The molecule has 0 heterocycles. The zero-order chi connectivity index (χ0) is 20.0. The molecule has 0 aliphatic carbocycles. The van der Waals surface area contributed by atoms with Crippen LogP contribution in [0.15, 0.2) is 41.5 Å². The van der Waals surface area contributed by atoms with Gasteiger partial charge in [-0.05, 0) is 37.3 Å². The van der Waals surface area contributed by atoms with Gasteiger partial charge in [0, 0.05) is 23.4 Å². The molecule has 0 aromatic heterocycles. The van der Waals surface area contributed by atoms with Gasteiger partial charge in [0.15, 0.2) is 16.6 Å². The Kier molecular flexibility index (Phi) is 6.91. The fraction of sp³-hybridized carbons (Fsp3) is 0.176. The van der Waals surface area contributed by atoms with E-state index in [-0.39, 0.29) is 15.8 Å². The summed E-state index contributed by atoms with van der Waals surface area (Å²) in [5.41, 5.74) is 4.24. The van der Waals surface area contributed by atoms with Gasteiger partial charge in [0.05, 0.1) is 24.9 Å². The number of nitrogens with one attached hydrogen (secondary N) is 2. The maximum absolute atomic E-state index is 11.0. The van der Waals surface area contributed by atoms with Crippen molar-refractivity contribution in [3.63, 3.8) is 0 Å². The first-order valence-corrected chi connectivity index (χ1v) is 8.42. The molecule has 8 nitrogen and oxygen atoms in total. The van der Waals surface area contributed by atoms with Gasteiger partial charge < -0.3 is 14.8 Å². The average Bonchev–Trinajstić information content (AvgIpc) is 2.66. The Hall–Kier alpha value is -2.91. The molecule has 0 aliphatic heterocycles. The van der Waals surface area contributed by atoms with E-state index in [1.165, 1.54) is 19.2 Å². The first-order chi connectivity index (χ1) is 12.8. The fourth-order valence-electron chi connectivity index (χ4n) is 2.15. The summed E-state index contributed by atoms with van der Waals surface area (Å²) < 4.78 is 10.4. The van der Waals surface area contributed by atoms with Gasteiger partial charge in [-0.1, -0.05) is 17.7 Å². The molecular weight excluding hydrogens is 392 g/mol. The van der Waals surface area contributed by atoms with Crippen molar-refractivity contribution < 1.29 is 14.4 Å². The SMILES string of the molecule is COc1ccc(NC(=S)N/N=C(/C)c2ccc(Cl)c([N+](=O)[O-])c2)cc1OC. The number of hydrazone groups is 1. The smallest absolute Gasteiger partial charge is 0.288 e. The van der Waals surface area contributed by atoms with Crippen molar-refractivity contribution in [3.8, 4) is 11.5 Å². The maximum atomic E-state index is 11.0. The number of thiocarbonyl (C=S) groups is 1. The molecule has 0 saturated carbocycles. The molecule has 0 spiro atoms. The molecule has 0 atom stereocenters. The zero-order valence-electron chi connectivity index (χ0n) is 14.8. The summed E-state index contributed by atoms with van der Waals surface area (Å²) in [6, 6.07) is 9.69. The quantitative estimate of drug-likeness (QED) is 0.323. The topological polar surface area (TPSA) is 98.0 Å². The van der Waals surface area contributed by atoms with Crippen molar-refractivity contribution in [3.05, 3.63) is 57.1 Å². The fourth-order valence-corrected chi connectivity index (χ4v) is 2.50. The van der Waals surface area contributed by atoms with Crippen LogP contribution in [0.1, 0.15) is 12.5 Å². The van der Waals surface area contributed by atoms with Gasteiger partial charge in [0.2, 0.25) is 0 Å². The highest BCUT2D eigenvalue weighted by molar-refractivity contribution is 7.80. The molecule has 0 unspecified atom stereocenters. The molecule has 0 fully saturated rings. The van der Waals surface area contributed by atoms with Crippen molar-refractivity contribution in [2.75, 3.05) is 19.5 Å². The molecule has 0 amide bonds. The molecule has 27 heavy (non-hydrogen) atoms. The van der Waals surface area contributed by atoms with Crippen molar-refractivity contribution in [2.45, 2.75) is 6.92 Å². The van der Waals surface area contributed by atoms with Crippen LogP contribution in [-0.2, 0) is 0 Å². The molecular formula is C17H17ClN4O4S. The van der Waals surface area contributed by atoms with Crippen LogP contribution in [0.25, 0.3) is 0 Å². The largest absolute Gasteiger partial charge is 0.493 e. The summed E-state index contributed by atoms with van der Waals surface area (Å²) in [7, 11) is 3.09. The number of ether oxygens (including phenoxy) is 2. The summed E-state index contributed by atoms with van der Waals surface area (Å²) in [4.78, 5) is 10.4. The second-order valence-electron chi connectivity index (χ2n) is 5.26. The average molecular weight is 409 g/mol. The number of hydrogen-bond acceptors (Lipinski definition) is 6. The van der Waals surface area contributed by atoms with Crippen LogP contribution in [0.3, 0.4) is 0 Å². The number of nitro benzene ring substituents is 1. The lowest BCUT2D eigenvalue weighted by Crippen LogP contribution is -2.25. The summed E-state index contributed by atoms with van der Waals surface area (Å²) >= 11 is 11.0. The van der Waals surface area contributed by atoms with Gasteiger partial charge in [0.1, 0.15) is 5.02 Å². The Labute approximate surface area is 166 Å². The predicted octanol–water partition coefficient (Wildman–Crippen LogP) is 3.98. The standard InChI is InChI=1S/C17H17ClN4O4S/c1-10(11-4-6-13(18)14(8-11)22(23)24)20-21-17(27)19-12-5-7-15(25-2)16(9-12)26-3/h4-9H,1-3H3,(H2,19,21,27)/b20-10-. The van der Waals surface area contributed by atoms with Crippen LogP contribution in [-0.4, -0.2) is 30.0 Å². The van der Waals surface area contributed by atoms with Crippen LogP contribution < -0.4 is 20.2 Å². The van der Waals surface area contributed by atoms with E-state index >= 15 is 0 Å². The number of methoxy groups -OCH3 is 2. The van der Waals surface area contributed by atoms with Gasteiger partial charge >= 0.3 is 0 Å². The predicted molar refractivity (Wildman–Crippen MR) is 109 cm³/mol. The molecule has 2 N–H and O–H groups in total. The normalized spacial score (nSPS) is 10.9. The highest BCUT2D eigenvalue weighted by Crippen LogP contribution is 2.29. The summed E-state index contributed by atoms with van der Waals surface area (Å²) in [6.07, 6.45) is 0. The number of nitrogens with zero attached hydrogens (tertiary/aromatic N) is 2. The number of hydrogen-bond donors (Lipinski definition) is 2. The highest BCUT2D eigenvalue weighted by Gasteiger charge is 2.14. The summed E-state index contributed by atoms with van der Waals surface area (Å²) in [5.74, 6) is 1.15. The minimum Gasteiger partial charge on any atom is -0.493 e. The summed E-state index contributed by atoms with van der Waals surface area (Å²) in [5, 5.41) is 18.4. The molecule has 2 aromatic rings. The van der Waals surface area contributed by atoms with E-state index in [1.807, 2.05) is 0 Å². The lowest BCUT2D eigenvalue weighted by Gasteiger charge is -2.12. The van der Waals surface area contributed by atoms with Crippen molar-refractivity contribution in [2.24, 2.45) is 5.10 Å². The lowest BCUT2D eigenvalue weighted by atomic mass is 10.1. The van der Waals surface area contributed by atoms with Gasteiger partial charge in [-0.2, -0.15) is 5.10 Å². The van der Waals surface area contributed by atoms with E-state index in [4.69, 9.17) is 33.3 Å². The number of anilines is 1. The van der Waals surface area contributed by atoms with Crippen molar-refractivity contribution in [1.29, 1.82) is 0 Å². The maximum Gasteiger partial charge on any atom is 0.288 e. The molecule has 0 radical (unpaired) electrons. The van der Waals surface area contributed by atoms with E-state index in [9.17, 15) is 10.1 Å². The first-order valence-electron chi connectivity index (χ1n) is 7.63. The molecule has 0 bridgehead atoms. The number of nitro groups is 1. The Morgan fingerprint density at radius 2 is 1.89 bits per heavy atom. The van der Waals surface area contributed by atoms with Gasteiger partial charge in [-0.25, -0.2) is 0 Å². The molecule has 10 heteroatoms. The third-order valence-corrected chi connectivity index (χ3v) is 4.04. The zero-order valence-corrected chi connectivity index (χ0v) is 16.4. The van der Waals surface area contributed by atoms with Crippen LogP contribution in [0.4, 0.5) is 11.4 Å². The van der Waals surface area contributed by atoms with Crippen LogP contribution in [0, 0.1) is 10.1 Å². The molecule has 2 rings (SSSR count). The number of halogens is 1. The molecule has 0 saturated heterocycles. The first kappa shape index (κ1) is 20.4. The minimum absolute atomic E-state index is 0.0650. The van der Waals surface area contributed by atoms with Gasteiger partial charge in [-0.3, -0.25) is 15.5 Å².